The van der Waals surface area contributed by atoms with E-state index in [-0.39, 0.29) is 0 Å². The summed E-state index contributed by atoms with van der Waals surface area (Å²) < 4.78 is 1.95. The molecule has 96 valence electrons. The Bertz CT molecular complexity index is 555. The Labute approximate surface area is 109 Å². The molecule has 0 saturated heterocycles. The van der Waals surface area contributed by atoms with Crippen LogP contribution in [-0.2, 0) is 7.05 Å². The summed E-state index contributed by atoms with van der Waals surface area (Å²) >= 11 is 0. The van der Waals surface area contributed by atoms with Crippen LogP contribution in [0.3, 0.4) is 0 Å². The van der Waals surface area contributed by atoms with Crippen molar-refractivity contribution in [2.24, 2.45) is 7.05 Å². The summed E-state index contributed by atoms with van der Waals surface area (Å²) in [7, 11) is 3.99. The third-order valence-corrected chi connectivity index (χ3v) is 3.64. The van der Waals surface area contributed by atoms with E-state index in [9.17, 15) is 0 Å². The fourth-order valence-electron chi connectivity index (χ4n) is 2.42. The van der Waals surface area contributed by atoms with Gasteiger partial charge in [-0.3, -0.25) is 4.68 Å². The highest BCUT2D eigenvalue weighted by molar-refractivity contribution is 5.72. The lowest BCUT2D eigenvalue weighted by atomic mass is 9.94. The van der Waals surface area contributed by atoms with Crippen molar-refractivity contribution < 1.29 is 0 Å². The second-order valence-electron chi connectivity index (χ2n) is 4.77. The van der Waals surface area contributed by atoms with Gasteiger partial charge in [0.15, 0.2) is 0 Å². The van der Waals surface area contributed by atoms with Crippen LogP contribution >= 0.6 is 0 Å². The lowest BCUT2D eigenvalue weighted by Gasteiger charge is -2.16. The molecule has 1 aromatic carbocycles. The van der Waals surface area contributed by atoms with Gasteiger partial charge < -0.3 is 5.32 Å². The first-order chi connectivity index (χ1) is 8.56. The molecule has 0 radical (unpaired) electrons. The van der Waals surface area contributed by atoms with Crippen LogP contribution in [0.25, 0.3) is 11.1 Å². The van der Waals surface area contributed by atoms with Crippen molar-refractivity contribution in [2.45, 2.75) is 26.8 Å². The molecule has 1 heterocycles. The van der Waals surface area contributed by atoms with Crippen LogP contribution in [-0.4, -0.2) is 16.8 Å². The normalized spacial score (nSPS) is 12.7. The summed E-state index contributed by atoms with van der Waals surface area (Å²) in [6, 6.07) is 8.88. The summed E-state index contributed by atoms with van der Waals surface area (Å²) in [5.74, 6) is 0. The van der Waals surface area contributed by atoms with Gasteiger partial charge in [-0.1, -0.05) is 24.3 Å². The molecule has 2 rings (SSSR count). The fraction of sp³-hybridized carbons (Fsp3) is 0.400. The molecule has 3 nitrogen and oxygen atoms in total. The van der Waals surface area contributed by atoms with Gasteiger partial charge in [0, 0.05) is 24.3 Å². The van der Waals surface area contributed by atoms with Gasteiger partial charge in [0.05, 0.1) is 5.69 Å². The van der Waals surface area contributed by atoms with Crippen LogP contribution in [0.1, 0.15) is 29.9 Å². The number of rotatable bonds is 3. The first-order valence-electron chi connectivity index (χ1n) is 6.33. The molecule has 1 N–H and O–H groups in total. The Balaban J connectivity index is 2.64. The SMILES string of the molecule is CNC(C)c1ccccc1-c1c(C)nn(C)c1C. The Morgan fingerprint density at radius 1 is 1.22 bits per heavy atom. The second kappa shape index (κ2) is 4.94. The monoisotopic (exact) mass is 243 g/mol. The molecule has 18 heavy (non-hydrogen) atoms. The van der Waals surface area contributed by atoms with E-state index in [1.54, 1.807) is 0 Å². The van der Waals surface area contributed by atoms with E-state index in [0.29, 0.717) is 6.04 Å². The third kappa shape index (κ3) is 2.06. The Hall–Kier alpha value is -1.61. The molecular formula is C15H21N3. The Morgan fingerprint density at radius 3 is 2.44 bits per heavy atom. The highest BCUT2D eigenvalue weighted by Gasteiger charge is 2.16. The molecule has 2 aromatic rings. The summed E-state index contributed by atoms with van der Waals surface area (Å²) in [4.78, 5) is 0. The number of hydrogen-bond donors (Lipinski definition) is 1. The van der Waals surface area contributed by atoms with Crippen molar-refractivity contribution in [1.82, 2.24) is 15.1 Å². The first-order valence-corrected chi connectivity index (χ1v) is 6.33. The molecule has 1 unspecified atom stereocenters. The van der Waals surface area contributed by atoms with Gasteiger partial charge in [-0.25, -0.2) is 0 Å². The molecule has 0 saturated carbocycles. The van der Waals surface area contributed by atoms with E-state index >= 15 is 0 Å². The third-order valence-electron chi connectivity index (χ3n) is 3.64. The van der Waals surface area contributed by atoms with E-state index in [4.69, 9.17) is 0 Å². The van der Waals surface area contributed by atoms with Crippen molar-refractivity contribution >= 4 is 0 Å². The van der Waals surface area contributed by atoms with Crippen molar-refractivity contribution in [3.8, 4) is 11.1 Å². The molecule has 0 spiro atoms. The summed E-state index contributed by atoms with van der Waals surface area (Å²) in [6.07, 6.45) is 0. The predicted octanol–water partition coefficient (Wildman–Crippen LogP) is 2.98. The molecular weight excluding hydrogens is 222 g/mol. The van der Waals surface area contributed by atoms with Crippen molar-refractivity contribution in [2.75, 3.05) is 7.05 Å². The molecule has 1 aromatic heterocycles. The minimum absolute atomic E-state index is 0.334. The number of aryl methyl sites for hydroxylation is 2. The van der Waals surface area contributed by atoms with Crippen LogP contribution in [0, 0.1) is 13.8 Å². The van der Waals surface area contributed by atoms with E-state index in [2.05, 4.69) is 55.5 Å². The van der Waals surface area contributed by atoms with Gasteiger partial charge in [0.25, 0.3) is 0 Å². The van der Waals surface area contributed by atoms with Crippen molar-refractivity contribution in [1.29, 1.82) is 0 Å². The van der Waals surface area contributed by atoms with Gasteiger partial charge in [-0.15, -0.1) is 0 Å². The average molecular weight is 243 g/mol. The summed E-state index contributed by atoms with van der Waals surface area (Å²) in [6.45, 7) is 6.37. The van der Waals surface area contributed by atoms with Gasteiger partial charge in [-0.05, 0) is 38.9 Å². The minimum atomic E-state index is 0.334. The summed E-state index contributed by atoms with van der Waals surface area (Å²) in [5.41, 5.74) is 6.16. The molecule has 1 atom stereocenters. The highest BCUT2D eigenvalue weighted by atomic mass is 15.3. The first kappa shape index (κ1) is 12.8. The maximum absolute atomic E-state index is 4.51. The molecule has 0 fully saturated rings. The zero-order chi connectivity index (χ0) is 13.3. The summed E-state index contributed by atoms with van der Waals surface area (Å²) in [5, 5.41) is 7.82. The van der Waals surface area contributed by atoms with E-state index < -0.39 is 0 Å². The van der Waals surface area contributed by atoms with Gasteiger partial charge in [0.1, 0.15) is 0 Å². The lowest BCUT2D eigenvalue weighted by molar-refractivity contribution is 0.653. The molecule has 0 aliphatic rings. The zero-order valence-electron chi connectivity index (χ0n) is 11.8. The van der Waals surface area contributed by atoms with Crippen LogP contribution in [0.15, 0.2) is 24.3 Å². The number of benzene rings is 1. The van der Waals surface area contributed by atoms with E-state index in [1.807, 2.05) is 18.8 Å². The smallest absolute Gasteiger partial charge is 0.0674 e. The number of nitrogens with one attached hydrogen (secondary N) is 1. The fourth-order valence-corrected chi connectivity index (χ4v) is 2.42. The topological polar surface area (TPSA) is 29.9 Å². The van der Waals surface area contributed by atoms with Crippen LogP contribution < -0.4 is 5.32 Å². The minimum Gasteiger partial charge on any atom is -0.313 e. The zero-order valence-corrected chi connectivity index (χ0v) is 11.8. The molecule has 0 aliphatic carbocycles. The predicted molar refractivity (Wildman–Crippen MR) is 75.6 cm³/mol. The van der Waals surface area contributed by atoms with E-state index in [0.717, 1.165) is 5.69 Å². The molecule has 0 aliphatic heterocycles. The van der Waals surface area contributed by atoms with Crippen LogP contribution in [0.4, 0.5) is 0 Å². The van der Waals surface area contributed by atoms with Gasteiger partial charge >= 0.3 is 0 Å². The van der Waals surface area contributed by atoms with Crippen LogP contribution in [0.2, 0.25) is 0 Å². The second-order valence-corrected chi connectivity index (χ2v) is 4.77. The molecule has 0 bridgehead atoms. The maximum atomic E-state index is 4.51. The molecule has 3 heteroatoms. The molecule has 0 amide bonds. The van der Waals surface area contributed by atoms with Crippen LogP contribution in [0.5, 0.6) is 0 Å². The number of nitrogens with zero attached hydrogens (tertiary/aromatic N) is 2. The largest absolute Gasteiger partial charge is 0.313 e. The Morgan fingerprint density at radius 2 is 1.89 bits per heavy atom. The quantitative estimate of drug-likeness (QED) is 0.898. The highest BCUT2D eigenvalue weighted by Crippen LogP contribution is 2.32. The van der Waals surface area contributed by atoms with E-state index in [1.165, 1.54) is 22.4 Å². The van der Waals surface area contributed by atoms with Gasteiger partial charge in [0.2, 0.25) is 0 Å². The number of aromatic nitrogens is 2. The Kier molecular flexibility index (Phi) is 3.53. The maximum Gasteiger partial charge on any atom is 0.0674 e. The lowest BCUT2D eigenvalue weighted by Crippen LogP contribution is -2.13. The number of hydrogen-bond acceptors (Lipinski definition) is 2. The van der Waals surface area contributed by atoms with Gasteiger partial charge in [-0.2, -0.15) is 5.10 Å². The van der Waals surface area contributed by atoms with Crippen molar-refractivity contribution in [3.63, 3.8) is 0 Å². The van der Waals surface area contributed by atoms with Crippen molar-refractivity contribution in [3.05, 3.63) is 41.2 Å². The standard InChI is InChI=1S/C15H21N3/c1-10(16-4)13-8-6-7-9-14(13)15-11(2)17-18(5)12(15)3/h6-10,16H,1-5H3. The average Bonchev–Trinajstić information content (AvgIpc) is 2.62.